The summed E-state index contributed by atoms with van der Waals surface area (Å²) in [7, 11) is 3.49. The average Bonchev–Trinajstić information content (AvgIpc) is 2.99. The Morgan fingerprint density at radius 2 is 1.88 bits per heavy atom. The van der Waals surface area contributed by atoms with Crippen molar-refractivity contribution in [3.63, 3.8) is 0 Å². The number of hydrogen-bond acceptors (Lipinski definition) is 3. The summed E-state index contributed by atoms with van der Waals surface area (Å²) in [6.45, 7) is 0.308. The zero-order valence-corrected chi connectivity index (χ0v) is 13.7. The first-order valence-corrected chi connectivity index (χ1v) is 7.77. The molecule has 1 atom stereocenters. The molecule has 0 aliphatic heterocycles. The lowest BCUT2D eigenvalue weighted by Gasteiger charge is -2.16. The van der Waals surface area contributed by atoms with E-state index in [1.807, 2.05) is 43.4 Å². The molecule has 24 heavy (non-hydrogen) atoms. The van der Waals surface area contributed by atoms with Crippen molar-refractivity contribution in [2.24, 2.45) is 12.8 Å². The first-order chi connectivity index (χ1) is 11.6. The molecule has 1 aromatic heterocycles. The van der Waals surface area contributed by atoms with Crippen LogP contribution in [0.4, 0.5) is 4.39 Å². The van der Waals surface area contributed by atoms with E-state index in [4.69, 9.17) is 10.5 Å². The zero-order valence-electron chi connectivity index (χ0n) is 13.7. The van der Waals surface area contributed by atoms with Crippen LogP contribution < -0.4 is 10.5 Å². The molecule has 0 aliphatic rings. The Kier molecular flexibility index (Phi) is 4.62. The average molecular weight is 325 g/mol. The van der Waals surface area contributed by atoms with E-state index in [1.165, 1.54) is 6.07 Å². The van der Waals surface area contributed by atoms with E-state index >= 15 is 0 Å². The predicted octanol–water partition coefficient (Wildman–Crippen LogP) is 3.33. The van der Waals surface area contributed by atoms with Crippen molar-refractivity contribution in [1.29, 1.82) is 0 Å². The van der Waals surface area contributed by atoms with Gasteiger partial charge in [0.25, 0.3) is 0 Å². The summed E-state index contributed by atoms with van der Waals surface area (Å²) in [5.41, 5.74) is 9.20. The number of aryl methyl sites for hydroxylation is 1. The highest BCUT2D eigenvalue weighted by molar-refractivity contribution is 5.61. The molecule has 3 aromatic rings. The molecular formula is C19H20FN3O. The van der Waals surface area contributed by atoms with Gasteiger partial charge in [-0.15, -0.1) is 0 Å². The van der Waals surface area contributed by atoms with Gasteiger partial charge >= 0.3 is 0 Å². The first-order valence-electron chi connectivity index (χ1n) is 7.77. The smallest absolute Gasteiger partial charge is 0.127 e. The first kappa shape index (κ1) is 16.2. The molecule has 3 rings (SSSR count). The molecule has 0 aliphatic carbocycles. The Hall–Kier alpha value is -2.66. The summed E-state index contributed by atoms with van der Waals surface area (Å²) in [5.74, 6) is 0.303. The van der Waals surface area contributed by atoms with Gasteiger partial charge in [-0.1, -0.05) is 18.2 Å². The van der Waals surface area contributed by atoms with E-state index in [0.717, 1.165) is 22.7 Å². The number of rotatable bonds is 5. The Labute approximate surface area is 140 Å². The van der Waals surface area contributed by atoms with E-state index in [0.29, 0.717) is 12.1 Å². The van der Waals surface area contributed by atoms with Gasteiger partial charge < -0.3 is 10.5 Å². The number of nitrogens with two attached hydrogens (primary N) is 1. The normalized spacial score (nSPS) is 12.2. The number of methoxy groups -OCH3 is 1. The molecule has 0 bridgehead atoms. The number of aromatic nitrogens is 2. The van der Waals surface area contributed by atoms with Crippen LogP contribution in [0.25, 0.3) is 11.3 Å². The molecule has 2 N–H and O–H groups in total. The highest BCUT2D eigenvalue weighted by Crippen LogP contribution is 2.29. The molecule has 2 aromatic carbocycles. The van der Waals surface area contributed by atoms with Crippen molar-refractivity contribution < 1.29 is 9.13 Å². The van der Waals surface area contributed by atoms with Gasteiger partial charge in [-0.25, -0.2) is 4.39 Å². The summed E-state index contributed by atoms with van der Waals surface area (Å²) in [6, 6.07) is 16.4. The lowest BCUT2D eigenvalue weighted by molar-refractivity contribution is 0.415. The van der Waals surface area contributed by atoms with E-state index < -0.39 is 0 Å². The number of ether oxygens (including phenoxy) is 1. The van der Waals surface area contributed by atoms with Crippen molar-refractivity contribution in [3.8, 4) is 17.0 Å². The van der Waals surface area contributed by atoms with Crippen LogP contribution in [-0.4, -0.2) is 23.4 Å². The third-order valence-corrected chi connectivity index (χ3v) is 4.18. The Balaban J connectivity index is 1.99. The van der Waals surface area contributed by atoms with Crippen LogP contribution in [-0.2, 0) is 7.05 Å². The standard InChI is InChI=1S/C19H20FN3O/c1-23-19(16(12-21)15-5-3-4-6-17(15)20)11-18(22-23)13-7-9-14(24-2)10-8-13/h3-11,16H,12,21H2,1-2H3. The second-order valence-corrected chi connectivity index (χ2v) is 5.62. The van der Waals surface area contributed by atoms with E-state index in [1.54, 1.807) is 23.9 Å². The second kappa shape index (κ2) is 6.84. The van der Waals surface area contributed by atoms with Crippen molar-refractivity contribution >= 4 is 0 Å². The molecule has 0 radical (unpaired) electrons. The maximum absolute atomic E-state index is 14.2. The molecule has 124 valence electrons. The zero-order chi connectivity index (χ0) is 17.1. The quantitative estimate of drug-likeness (QED) is 0.783. The highest BCUT2D eigenvalue weighted by atomic mass is 19.1. The predicted molar refractivity (Wildman–Crippen MR) is 92.5 cm³/mol. The summed E-state index contributed by atoms with van der Waals surface area (Å²) in [6.07, 6.45) is 0. The maximum atomic E-state index is 14.2. The third-order valence-electron chi connectivity index (χ3n) is 4.18. The third kappa shape index (κ3) is 3.03. The minimum Gasteiger partial charge on any atom is -0.497 e. The molecular weight excluding hydrogens is 305 g/mol. The Bertz CT molecular complexity index is 827. The van der Waals surface area contributed by atoms with E-state index in [9.17, 15) is 4.39 Å². The van der Waals surface area contributed by atoms with Gasteiger partial charge in [-0.3, -0.25) is 4.68 Å². The number of nitrogens with zero attached hydrogens (tertiary/aromatic N) is 2. The molecule has 0 saturated heterocycles. The fraction of sp³-hybridized carbons (Fsp3) is 0.211. The van der Waals surface area contributed by atoms with Gasteiger partial charge in [-0.05, 0) is 42.0 Å². The number of benzene rings is 2. The number of halogens is 1. The SMILES string of the molecule is COc1ccc(-c2cc(C(CN)c3ccccc3F)n(C)n2)cc1. The van der Waals surface area contributed by atoms with Crippen LogP contribution in [0, 0.1) is 5.82 Å². The summed E-state index contributed by atoms with van der Waals surface area (Å²) in [5, 5.41) is 4.56. The van der Waals surface area contributed by atoms with Gasteiger partial charge in [0.2, 0.25) is 0 Å². The van der Waals surface area contributed by atoms with Crippen LogP contribution in [0.15, 0.2) is 54.6 Å². The summed E-state index contributed by atoms with van der Waals surface area (Å²) in [4.78, 5) is 0. The molecule has 0 spiro atoms. The fourth-order valence-corrected chi connectivity index (χ4v) is 2.88. The van der Waals surface area contributed by atoms with Crippen molar-refractivity contribution in [2.75, 3.05) is 13.7 Å². The lowest BCUT2D eigenvalue weighted by atomic mass is 9.94. The molecule has 1 unspecified atom stereocenters. The molecule has 0 amide bonds. The van der Waals surface area contributed by atoms with Crippen LogP contribution in [0.3, 0.4) is 0 Å². The monoisotopic (exact) mass is 325 g/mol. The molecule has 5 heteroatoms. The van der Waals surface area contributed by atoms with Crippen LogP contribution in [0.5, 0.6) is 5.75 Å². The molecule has 4 nitrogen and oxygen atoms in total. The van der Waals surface area contributed by atoms with Crippen molar-refractivity contribution in [2.45, 2.75) is 5.92 Å². The molecule has 0 saturated carbocycles. The Morgan fingerprint density at radius 3 is 2.50 bits per heavy atom. The summed E-state index contributed by atoms with van der Waals surface area (Å²) < 4.78 is 21.1. The summed E-state index contributed by atoms with van der Waals surface area (Å²) >= 11 is 0. The van der Waals surface area contributed by atoms with Crippen molar-refractivity contribution in [3.05, 3.63) is 71.7 Å². The number of hydrogen-bond donors (Lipinski definition) is 1. The molecule has 0 fully saturated rings. The van der Waals surface area contributed by atoms with E-state index in [2.05, 4.69) is 5.10 Å². The van der Waals surface area contributed by atoms with Gasteiger partial charge in [0.05, 0.1) is 12.8 Å². The van der Waals surface area contributed by atoms with Crippen LogP contribution in [0.1, 0.15) is 17.2 Å². The van der Waals surface area contributed by atoms with E-state index in [-0.39, 0.29) is 11.7 Å². The Morgan fingerprint density at radius 1 is 1.17 bits per heavy atom. The fourth-order valence-electron chi connectivity index (χ4n) is 2.88. The van der Waals surface area contributed by atoms with Gasteiger partial charge in [-0.2, -0.15) is 5.10 Å². The lowest BCUT2D eigenvalue weighted by Crippen LogP contribution is -2.18. The topological polar surface area (TPSA) is 53.1 Å². The van der Waals surface area contributed by atoms with Crippen molar-refractivity contribution in [1.82, 2.24) is 9.78 Å². The second-order valence-electron chi connectivity index (χ2n) is 5.62. The largest absolute Gasteiger partial charge is 0.497 e. The minimum absolute atomic E-state index is 0.240. The van der Waals surface area contributed by atoms with Crippen LogP contribution in [0.2, 0.25) is 0 Å². The minimum atomic E-state index is -0.250. The van der Waals surface area contributed by atoms with Gasteiger partial charge in [0.15, 0.2) is 0 Å². The maximum Gasteiger partial charge on any atom is 0.127 e. The van der Waals surface area contributed by atoms with Gasteiger partial charge in [0, 0.05) is 30.8 Å². The van der Waals surface area contributed by atoms with Gasteiger partial charge in [0.1, 0.15) is 11.6 Å². The van der Waals surface area contributed by atoms with Crippen LogP contribution >= 0.6 is 0 Å². The highest BCUT2D eigenvalue weighted by Gasteiger charge is 2.21. The molecule has 1 heterocycles.